The first-order chi connectivity index (χ1) is 10.1. The Hall–Kier alpha value is -0.780. The van der Waals surface area contributed by atoms with Crippen molar-refractivity contribution in [2.45, 2.75) is 32.4 Å². The maximum atomic E-state index is 6.19. The molecule has 1 aromatic carbocycles. The largest absolute Gasteiger partial charge is 0.496 e. The molecule has 0 aliphatic carbocycles. The summed E-state index contributed by atoms with van der Waals surface area (Å²) in [5.74, 6) is 2.32. The lowest BCUT2D eigenvalue weighted by Gasteiger charge is -2.36. The van der Waals surface area contributed by atoms with E-state index in [1.807, 2.05) is 6.07 Å². The highest BCUT2D eigenvalue weighted by atomic mass is 79.9. The van der Waals surface area contributed by atoms with Crippen LogP contribution in [0.5, 0.6) is 11.5 Å². The molecule has 2 unspecified atom stereocenters. The normalized spacial score (nSPS) is 23.1. The van der Waals surface area contributed by atoms with Crippen molar-refractivity contribution in [2.24, 2.45) is 11.7 Å². The van der Waals surface area contributed by atoms with E-state index < -0.39 is 0 Å². The summed E-state index contributed by atoms with van der Waals surface area (Å²) in [4.78, 5) is 2.46. The van der Waals surface area contributed by atoms with Gasteiger partial charge in [0.1, 0.15) is 11.5 Å². The number of rotatable bonds is 5. The fourth-order valence-corrected chi connectivity index (χ4v) is 3.47. The third-order valence-electron chi connectivity index (χ3n) is 4.35. The van der Waals surface area contributed by atoms with Crippen LogP contribution in [0.3, 0.4) is 0 Å². The Morgan fingerprint density at radius 2 is 2.00 bits per heavy atom. The lowest BCUT2D eigenvalue weighted by atomic mass is 9.90. The van der Waals surface area contributed by atoms with E-state index in [2.05, 4.69) is 33.8 Å². The molecule has 0 amide bonds. The number of hydrogen-bond acceptors (Lipinski definition) is 4. The van der Waals surface area contributed by atoms with E-state index in [4.69, 9.17) is 15.2 Å². The predicted molar refractivity (Wildman–Crippen MR) is 88.9 cm³/mol. The number of ether oxygens (including phenoxy) is 2. The second kappa shape index (κ2) is 7.47. The van der Waals surface area contributed by atoms with E-state index in [-0.39, 0.29) is 0 Å². The maximum absolute atomic E-state index is 6.19. The lowest BCUT2D eigenvalue weighted by molar-refractivity contribution is 0.144. The molecule has 0 radical (unpaired) electrons. The van der Waals surface area contributed by atoms with E-state index in [1.54, 1.807) is 14.2 Å². The van der Waals surface area contributed by atoms with Crippen molar-refractivity contribution in [1.82, 2.24) is 4.90 Å². The van der Waals surface area contributed by atoms with Crippen LogP contribution in [-0.2, 0) is 6.54 Å². The highest BCUT2D eigenvalue weighted by Gasteiger charge is 2.26. The summed E-state index contributed by atoms with van der Waals surface area (Å²) in [7, 11) is 3.39. The molecule has 118 valence electrons. The van der Waals surface area contributed by atoms with Gasteiger partial charge in [-0.15, -0.1) is 0 Å². The van der Waals surface area contributed by atoms with Crippen molar-refractivity contribution in [3.05, 3.63) is 22.2 Å². The molecule has 0 spiro atoms. The van der Waals surface area contributed by atoms with Crippen molar-refractivity contribution in [2.75, 3.05) is 27.3 Å². The molecule has 1 aromatic rings. The molecular formula is C16H25BrN2O2. The summed E-state index contributed by atoms with van der Waals surface area (Å²) in [6.45, 7) is 5.19. The summed E-state index contributed by atoms with van der Waals surface area (Å²) in [6, 6.07) is 4.37. The third-order valence-corrected chi connectivity index (χ3v) is 4.97. The molecule has 0 aromatic heterocycles. The zero-order valence-corrected chi connectivity index (χ0v) is 14.6. The van der Waals surface area contributed by atoms with Gasteiger partial charge in [-0.1, -0.05) is 13.3 Å². The number of piperidine rings is 1. The second-order valence-corrected chi connectivity index (χ2v) is 6.51. The molecule has 1 fully saturated rings. The van der Waals surface area contributed by atoms with Crippen LogP contribution >= 0.6 is 15.9 Å². The molecule has 21 heavy (non-hydrogen) atoms. The average Bonchev–Trinajstić information content (AvgIpc) is 2.50. The Kier molecular flexibility index (Phi) is 5.90. The van der Waals surface area contributed by atoms with Crippen LogP contribution in [0.2, 0.25) is 0 Å². The SMILES string of the molecule is CCC1CN(Cc2cc(OC)c(Br)cc2OC)CCC1N. The first kappa shape index (κ1) is 16.6. The minimum Gasteiger partial charge on any atom is -0.496 e. The van der Waals surface area contributed by atoms with Gasteiger partial charge in [0.2, 0.25) is 0 Å². The van der Waals surface area contributed by atoms with Gasteiger partial charge in [-0.3, -0.25) is 4.90 Å². The first-order valence-electron chi connectivity index (χ1n) is 7.47. The Balaban J connectivity index is 2.15. The van der Waals surface area contributed by atoms with Gasteiger partial charge in [0, 0.05) is 24.7 Å². The molecule has 2 N–H and O–H groups in total. The van der Waals surface area contributed by atoms with Crippen molar-refractivity contribution < 1.29 is 9.47 Å². The van der Waals surface area contributed by atoms with E-state index in [0.717, 1.165) is 54.0 Å². The molecule has 0 bridgehead atoms. The molecule has 2 rings (SSSR count). The van der Waals surface area contributed by atoms with Crippen molar-refractivity contribution >= 4 is 15.9 Å². The Morgan fingerprint density at radius 3 is 2.62 bits per heavy atom. The van der Waals surface area contributed by atoms with Gasteiger partial charge in [0.25, 0.3) is 0 Å². The highest BCUT2D eigenvalue weighted by Crippen LogP contribution is 2.34. The van der Waals surface area contributed by atoms with Crippen LogP contribution in [-0.4, -0.2) is 38.3 Å². The van der Waals surface area contributed by atoms with Gasteiger partial charge in [-0.25, -0.2) is 0 Å². The van der Waals surface area contributed by atoms with Crippen LogP contribution in [0.4, 0.5) is 0 Å². The molecule has 1 aliphatic heterocycles. The van der Waals surface area contributed by atoms with Gasteiger partial charge in [-0.05, 0) is 46.9 Å². The quantitative estimate of drug-likeness (QED) is 0.880. The highest BCUT2D eigenvalue weighted by molar-refractivity contribution is 9.10. The molecule has 1 aliphatic rings. The molecule has 4 nitrogen and oxygen atoms in total. The monoisotopic (exact) mass is 356 g/mol. The smallest absolute Gasteiger partial charge is 0.133 e. The van der Waals surface area contributed by atoms with Crippen molar-refractivity contribution in [3.63, 3.8) is 0 Å². The number of halogens is 1. The number of benzene rings is 1. The number of hydrogen-bond donors (Lipinski definition) is 1. The van der Waals surface area contributed by atoms with E-state index in [9.17, 15) is 0 Å². The molecule has 0 saturated carbocycles. The lowest BCUT2D eigenvalue weighted by Crippen LogP contribution is -2.46. The Morgan fingerprint density at radius 1 is 1.29 bits per heavy atom. The first-order valence-corrected chi connectivity index (χ1v) is 8.26. The third kappa shape index (κ3) is 3.90. The number of likely N-dealkylation sites (tertiary alicyclic amines) is 1. The number of nitrogens with two attached hydrogens (primary N) is 1. The standard InChI is InChI=1S/C16H25BrN2O2/c1-4-11-9-19(6-5-14(11)18)10-12-7-16(21-3)13(17)8-15(12)20-2/h7-8,11,14H,4-6,9-10,18H2,1-3H3. The van der Waals surface area contributed by atoms with Gasteiger partial charge >= 0.3 is 0 Å². The Labute approximate surface area is 135 Å². The van der Waals surface area contributed by atoms with E-state index in [1.165, 1.54) is 0 Å². The molecule has 5 heteroatoms. The molecule has 1 heterocycles. The summed E-state index contributed by atoms with van der Waals surface area (Å²) in [6.07, 6.45) is 2.20. The summed E-state index contributed by atoms with van der Waals surface area (Å²) < 4.78 is 11.8. The zero-order chi connectivity index (χ0) is 15.4. The molecular weight excluding hydrogens is 332 g/mol. The van der Waals surface area contributed by atoms with Gasteiger partial charge in [-0.2, -0.15) is 0 Å². The van der Waals surface area contributed by atoms with Gasteiger partial charge in [0.15, 0.2) is 0 Å². The maximum Gasteiger partial charge on any atom is 0.133 e. The van der Waals surface area contributed by atoms with Crippen LogP contribution in [0.25, 0.3) is 0 Å². The molecule has 1 saturated heterocycles. The summed E-state index contributed by atoms with van der Waals surface area (Å²) in [5.41, 5.74) is 7.34. The van der Waals surface area contributed by atoms with E-state index >= 15 is 0 Å². The second-order valence-electron chi connectivity index (χ2n) is 5.65. The Bertz CT molecular complexity index is 482. The topological polar surface area (TPSA) is 47.7 Å². The predicted octanol–water partition coefficient (Wildman–Crippen LogP) is 3.03. The fraction of sp³-hybridized carbons (Fsp3) is 0.625. The van der Waals surface area contributed by atoms with Gasteiger partial charge in [0.05, 0.1) is 18.7 Å². The average molecular weight is 357 g/mol. The fourth-order valence-electron chi connectivity index (χ4n) is 2.99. The van der Waals surface area contributed by atoms with Crippen LogP contribution in [0.15, 0.2) is 16.6 Å². The number of methoxy groups -OCH3 is 2. The van der Waals surface area contributed by atoms with Crippen molar-refractivity contribution in [1.29, 1.82) is 0 Å². The summed E-state index contributed by atoms with van der Waals surface area (Å²) in [5, 5.41) is 0. The minimum atomic E-state index is 0.340. The van der Waals surface area contributed by atoms with Gasteiger partial charge < -0.3 is 15.2 Å². The van der Waals surface area contributed by atoms with Crippen LogP contribution in [0, 0.1) is 5.92 Å². The zero-order valence-electron chi connectivity index (χ0n) is 13.1. The van der Waals surface area contributed by atoms with Crippen LogP contribution in [0.1, 0.15) is 25.3 Å². The summed E-state index contributed by atoms with van der Waals surface area (Å²) >= 11 is 3.50. The number of nitrogens with zero attached hydrogens (tertiary/aromatic N) is 1. The van der Waals surface area contributed by atoms with Crippen LogP contribution < -0.4 is 15.2 Å². The minimum absolute atomic E-state index is 0.340. The molecule has 2 atom stereocenters. The van der Waals surface area contributed by atoms with Crippen molar-refractivity contribution in [3.8, 4) is 11.5 Å². The van der Waals surface area contributed by atoms with E-state index in [0.29, 0.717) is 12.0 Å².